The number of carboxylic acid groups (broad SMARTS) is 1. The van der Waals surface area contributed by atoms with E-state index in [-0.39, 0.29) is 11.5 Å². The van der Waals surface area contributed by atoms with Gasteiger partial charge in [-0.25, -0.2) is 9.59 Å². The molecular formula is C13H17N3O4. The Labute approximate surface area is 116 Å². The second-order valence-electron chi connectivity index (χ2n) is 4.20. The van der Waals surface area contributed by atoms with Crippen molar-refractivity contribution in [3.8, 4) is 0 Å². The molecule has 20 heavy (non-hydrogen) atoms. The lowest BCUT2D eigenvalue weighted by molar-refractivity contribution is -0.118. The van der Waals surface area contributed by atoms with Gasteiger partial charge < -0.3 is 21.1 Å². The summed E-state index contributed by atoms with van der Waals surface area (Å²) in [5.74, 6) is -1.17. The van der Waals surface area contributed by atoms with Gasteiger partial charge in [0.1, 0.15) is 0 Å². The Morgan fingerprint density at radius 3 is 2.35 bits per heavy atom. The van der Waals surface area contributed by atoms with Crippen molar-refractivity contribution in [1.29, 1.82) is 0 Å². The van der Waals surface area contributed by atoms with E-state index in [0.29, 0.717) is 24.3 Å². The smallest absolute Gasteiger partial charge is 0.335 e. The lowest BCUT2D eigenvalue weighted by atomic mass is 10.1. The number of urea groups is 1. The third-order valence-corrected chi connectivity index (χ3v) is 2.51. The Balaban J connectivity index is 2.50. The molecule has 1 aromatic rings. The van der Waals surface area contributed by atoms with Gasteiger partial charge in [-0.2, -0.15) is 0 Å². The molecule has 0 aliphatic heterocycles. The molecule has 0 fully saturated rings. The Morgan fingerprint density at radius 2 is 1.80 bits per heavy atom. The number of nitrogens with one attached hydrogen (secondary N) is 3. The zero-order valence-corrected chi connectivity index (χ0v) is 11.3. The maximum absolute atomic E-state index is 11.6. The number of amides is 3. The summed E-state index contributed by atoms with van der Waals surface area (Å²) in [4.78, 5) is 33.0. The van der Waals surface area contributed by atoms with E-state index in [1.165, 1.54) is 25.1 Å². The van der Waals surface area contributed by atoms with Crippen LogP contribution in [-0.2, 0) is 4.79 Å². The van der Waals surface area contributed by atoms with Gasteiger partial charge in [0.2, 0.25) is 5.91 Å². The molecule has 7 nitrogen and oxygen atoms in total. The molecule has 0 aliphatic rings. The van der Waals surface area contributed by atoms with Crippen LogP contribution < -0.4 is 16.0 Å². The number of anilines is 1. The highest BCUT2D eigenvalue weighted by molar-refractivity contribution is 5.92. The minimum Gasteiger partial charge on any atom is -0.478 e. The first-order valence-corrected chi connectivity index (χ1v) is 6.03. The second kappa shape index (κ2) is 7.13. The first kappa shape index (κ1) is 15.5. The minimum atomic E-state index is -1.01. The molecule has 0 radical (unpaired) electrons. The van der Waals surface area contributed by atoms with Crippen LogP contribution in [0.15, 0.2) is 18.2 Å². The van der Waals surface area contributed by atoms with Crippen molar-refractivity contribution in [2.45, 2.75) is 13.8 Å². The lowest BCUT2D eigenvalue weighted by Gasteiger charge is -2.10. The summed E-state index contributed by atoms with van der Waals surface area (Å²) in [5.41, 5.74) is 1.35. The molecule has 0 unspecified atom stereocenters. The maximum Gasteiger partial charge on any atom is 0.335 e. The van der Waals surface area contributed by atoms with Gasteiger partial charge in [-0.05, 0) is 30.7 Å². The van der Waals surface area contributed by atoms with Crippen molar-refractivity contribution in [2.24, 2.45) is 0 Å². The third kappa shape index (κ3) is 4.97. The summed E-state index contributed by atoms with van der Waals surface area (Å²) < 4.78 is 0. The summed E-state index contributed by atoms with van der Waals surface area (Å²) in [6, 6.07) is 4.02. The molecule has 0 spiro atoms. The molecule has 0 bridgehead atoms. The van der Waals surface area contributed by atoms with E-state index in [0.717, 1.165) is 0 Å². The molecule has 1 rings (SSSR count). The number of aromatic carboxylic acids is 1. The van der Waals surface area contributed by atoms with Crippen LogP contribution in [0.3, 0.4) is 0 Å². The van der Waals surface area contributed by atoms with Gasteiger partial charge in [0, 0.05) is 25.7 Å². The molecule has 0 heterocycles. The highest BCUT2D eigenvalue weighted by atomic mass is 16.4. The third-order valence-electron chi connectivity index (χ3n) is 2.51. The van der Waals surface area contributed by atoms with E-state index in [9.17, 15) is 14.4 Å². The number of aryl methyl sites for hydroxylation is 1. The van der Waals surface area contributed by atoms with Gasteiger partial charge in [-0.1, -0.05) is 0 Å². The van der Waals surface area contributed by atoms with Crippen LogP contribution in [0.25, 0.3) is 0 Å². The molecule has 1 aromatic carbocycles. The van der Waals surface area contributed by atoms with E-state index in [2.05, 4.69) is 16.0 Å². The number of carbonyl (C=O) groups is 3. The fourth-order valence-electron chi connectivity index (χ4n) is 1.52. The molecule has 0 aliphatic carbocycles. The van der Waals surface area contributed by atoms with Crippen molar-refractivity contribution in [2.75, 3.05) is 18.4 Å². The first-order chi connectivity index (χ1) is 9.40. The minimum absolute atomic E-state index is 0.160. The lowest BCUT2D eigenvalue weighted by Crippen LogP contribution is -2.36. The van der Waals surface area contributed by atoms with Crippen LogP contribution in [0.4, 0.5) is 10.5 Å². The standard InChI is InChI=1S/C13H17N3O4/c1-8-7-10(12(18)19)3-4-11(8)16-13(20)15-6-5-14-9(2)17/h3-4,7H,5-6H2,1-2H3,(H,14,17)(H,18,19)(H2,15,16,20). The zero-order chi connectivity index (χ0) is 15.1. The Bertz CT molecular complexity index is 528. The fraction of sp³-hybridized carbons (Fsp3) is 0.308. The van der Waals surface area contributed by atoms with Crippen LogP contribution in [-0.4, -0.2) is 36.1 Å². The fourth-order valence-corrected chi connectivity index (χ4v) is 1.52. The quantitative estimate of drug-likeness (QED) is 0.602. The van der Waals surface area contributed by atoms with Crippen molar-refractivity contribution < 1.29 is 19.5 Å². The molecule has 108 valence electrons. The number of rotatable bonds is 5. The number of hydrogen-bond acceptors (Lipinski definition) is 3. The van der Waals surface area contributed by atoms with Crippen molar-refractivity contribution in [1.82, 2.24) is 10.6 Å². The molecule has 0 saturated carbocycles. The van der Waals surface area contributed by atoms with E-state index in [4.69, 9.17) is 5.11 Å². The van der Waals surface area contributed by atoms with E-state index in [1.807, 2.05) is 0 Å². The average molecular weight is 279 g/mol. The average Bonchev–Trinajstić information content (AvgIpc) is 2.36. The molecular weight excluding hydrogens is 262 g/mol. The summed E-state index contributed by atoms with van der Waals surface area (Å²) >= 11 is 0. The van der Waals surface area contributed by atoms with Crippen molar-refractivity contribution in [3.63, 3.8) is 0 Å². The predicted octanol–water partition coefficient (Wildman–Crippen LogP) is 0.951. The van der Waals surface area contributed by atoms with Gasteiger partial charge in [0.25, 0.3) is 0 Å². The number of hydrogen-bond donors (Lipinski definition) is 4. The highest BCUT2D eigenvalue weighted by Crippen LogP contribution is 2.16. The monoisotopic (exact) mass is 279 g/mol. The molecule has 0 aromatic heterocycles. The summed E-state index contributed by atoms with van der Waals surface area (Å²) in [7, 11) is 0. The molecule has 4 N–H and O–H groups in total. The maximum atomic E-state index is 11.6. The largest absolute Gasteiger partial charge is 0.478 e. The normalized spacial score (nSPS) is 9.70. The summed E-state index contributed by atoms with van der Waals surface area (Å²) in [5, 5.41) is 16.6. The van der Waals surface area contributed by atoms with Crippen molar-refractivity contribution >= 4 is 23.6 Å². The topological polar surface area (TPSA) is 108 Å². The van der Waals surface area contributed by atoms with Crippen LogP contribution in [0.1, 0.15) is 22.8 Å². The number of carbonyl (C=O) groups excluding carboxylic acids is 2. The van der Waals surface area contributed by atoms with Gasteiger partial charge >= 0.3 is 12.0 Å². The highest BCUT2D eigenvalue weighted by Gasteiger charge is 2.07. The van der Waals surface area contributed by atoms with Crippen LogP contribution in [0.2, 0.25) is 0 Å². The van der Waals surface area contributed by atoms with Gasteiger partial charge in [0.05, 0.1) is 5.56 Å². The zero-order valence-electron chi connectivity index (χ0n) is 11.3. The van der Waals surface area contributed by atoms with Crippen LogP contribution >= 0.6 is 0 Å². The predicted molar refractivity (Wildman–Crippen MR) is 73.8 cm³/mol. The Morgan fingerprint density at radius 1 is 1.15 bits per heavy atom. The molecule has 0 saturated heterocycles. The number of benzene rings is 1. The van der Waals surface area contributed by atoms with Crippen molar-refractivity contribution in [3.05, 3.63) is 29.3 Å². The molecule has 7 heteroatoms. The Hall–Kier alpha value is -2.57. The first-order valence-electron chi connectivity index (χ1n) is 6.03. The van der Waals surface area contributed by atoms with E-state index >= 15 is 0 Å². The van der Waals surface area contributed by atoms with Gasteiger partial charge in [0.15, 0.2) is 0 Å². The van der Waals surface area contributed by atoms with Crippen LogP contribution in [0, 0.1) is 6.92 Å². The van der Waals surface area contributed by atoms with Crippen LogP contribution in [0.5, 0.6) is 0 Å². The SMILES string of the molecule is CC(=O)NCCNC(=O)Nc1ccc(C(=O)O)cc1C. The Kier molecular flexibility index (Phi) is 5.52. The molecule has 3 amide bonds. The summed E-state index contributed by atoms with van der Waals surface area (Å²) in [6.45, 7) is 3.75. The van der Waals surface area contributed by atoms with Gasteiger partial charge in [-0.15, -0.1) is 0 Å². The van der Waals surface area contributed by atoms with E-state index in [1.54, 1.807) is 6.92 Å². The summed E-state index contributed by atoms with van der Waals surface area (Å²) in [6.07, 6.45) is 0. The van der Waals surface area contributed by atoms with E-state index < -0.39 is 12.0 Å². The molecule has 0 atom stereocenters. The second-order valence-corrected chi connectivity index (χ2v) is 4.20. The van der Waals surface area contributed by atoms with Gasteiger partial charge in [-0.3, -0.25) is 4.79 Å². The number of carboxylic acids is 1.